The van der Waals surface area contributed by atoms with Gasteiger partial charge in [-0.3, -0.25) is 4.79 Å². The van der Waals surface area contributed by atoms with Gasteiger partial charge in [-0.05, 0) is 30.3 Å². The average molecular weight is 462 g/mol. The Morgan fingerprint density at radius 1 is 1.16 bits per heavy atom. The second kappa shape index (κ2) is 8.40. The number of methoxy groups -OCH3 is 1. The predicted octanol–water partition coefficient (Wildman–Crippen LogP) is 1.91. The molecule has 0 saturated carbocycles. The fourth-order valence-electron chi connectivity index (χ4n) is 3.39. The minimum Gasteiger partial charge on any atom is -0.495 e. The van der Waals surface area contributed by atoms with E-state index in [1.165, 1.54) is 44.7 Å². The van der Waals surface area contributed by atoms with Crippen molar-refractivity contribution >= 4 is 42.7 Å². The molecule has 1 amide bonds. The summed E-state index contributed by atoms with van der Waals surface area (Å²) in [6.45, 7) is 2.32. The number of aromatic nitrogens is 2. The summed E-state index contributed by atoms with van der Waals surface area (Å²) in [5, 5.41) is 0.893. The Kier molecular flexibility index (Phi) is 5.82. The van der Waals surface area contributed by atoms with Gasteiger partial charge >= 0.3 is 0 Å². The molecule has 0 spiro atoms. The molecule has 0 atom stereocenters. The minimum absolute atomic E-state index is 0.0218. The molecule has 31 heavy (non-hydrogen) atoms. The van der Waals surface area contributed by atoms with E-state index in [4.69, 9.17) is 4.74 Å². The quantitative estimate of drug-likeness (QED) is 0.573. The number of fused-ring (bicyclic) bond motifs is 1. The molecule has 11 heteroatoms. The molecule has 0 unspecified atom stereocenters. The van der Waals surface area contributed by atoms with Crippen LogP contribution in [0.15, 0.2) is 41.4 Å². The summed E-state index contributed by atoms with van der Waals surface area (Å²) in [5.74, 6) is 0.00277. The number of amides is 1. The normalized spacial score (nSPS) is 15.0. The van der Waals surface area contributed by atoms with E-state index in [2.05, 4.69) is 14.9 Å². The number of carbonyl (C=O) groups is 1. The molecular weight excluding hydrogens is 438 g/mol. The summed E-state index contributed by atoms with van der Waals surface area (Å²) in [6, 6.07) is 8.31. The van der Waals surface area contributed by atoms with Gasteiger partial charge in [-0.1, -0.05) is 11.3 Å². The van der Waals surface area contributed by atoms with Crippen LogP contribution in [0.25, 0.3) is 10.3 Å². The Balaban J connectivity index is 1.51. The highest BCUT2D eigenvalue weighted by Crippen LogP contribution is 2.29. The smallest absolute Gasteiger partial charge is 0.254 e. The van der Waals surface area contributed by atoms with Crippen LogP contribution >= 0.6 is 11.3 Å². The van der Waals surface area contributed by atoms with Crippen molar-refractivity contribution in [2.75, 3.05) is 52.3 Å². The summed E-state index contributed by atoms with van der Waals surface area (Å²) >= 11 is 1.54. The molecular formula is C20H23N5O4S2. The monoisotopic (exact) mass is 461 g/mol. The number of hydrogen-bond donors (Lipinski definition) is 0. The Hall–Kier alpha value is -2.76. The van der Waals surface area contributed by atoms with Crippen LogP contribution in [0.2, 0.25) is 0 Å². The number of hydrogen-bond acceptors (Lipinski definition) is 8. The summed E-state index contributed by atoms with van der Waals surface area (Å²) < 4.78 is 31.6. The maximum absolute atomic E-state index is 13.1. The Labute approximate surface area is 184 Å². The van der Waals surface area contributed by atoms with E-state index >= 15 is 0 Å². The Morgan fingerprint density at radius 2 is 1.90 bits per heavy atom. The van der Waals surface area contributed by atoms with E-state index in [-0.39, 0.29) is 16.6 Å². The first kappa shape index (κ1) is 21.5. The zero-order chi connectivity index (χ0) is 22.2. The molecule has 1 aromatic carbocycles. The fourth-order valence-corrected chi connectivity index (χ4v) is 5.42. The van der Waals surface area contributed by atoms with E-state index in [1.54, 1.807) is 17.2 Å². The zero-order valence-corrected chi connectivity index (χ0v) is 19.1. The second-order valence-electron chi connectivity index (χ2n) is 7.26. The number of sulfonamides is 1. The number of thiazole rings is 1. The van der Waals surface area contributed by atoms with Gasteiger partial charge in [-0.15, -0.1) is 0 Å². The third kappa shape index (κ3) is 4.08. The summed E-state index contributed by atoms with van der Waals surface area (Å²) in [7, 11) is 0.547. The molecule has 0 N–H and O–H groups in total. The van der Waals surface area contributed by atoms with Crippen LogP contribution in [0.5, 0.6) is 5.75 Å². The highest BCUT2D eigenvalue weighted by molar-refractivity contribution is 7.89. The Morgan fingerprint density at radius 3 is 2.55 bits per heavy atom. The van der Waals surface area contributed by atoms with Crippen LogP contribution < -0.4 is 9.64 Å². The first-order valence-corrected chi connectivity index (χ1v) is 11.9. The minimum atomic E-state index is -3.75. The number of anilines is 1. The van der Waals surface area contributed by atoms with Gasteiger partial charge in [0.15, 0.2) is 5.13 Å². The number of pyridine rings is 1. The highest BCUT2D eigenvalue weighted by atomic mass is 32.2. The van der Waals surface area contributed by atoms with Crippen molar-refractivity contribution in [2.45, 2.75) is 4.90 Å². The molecule has 1 aliphatic rings. The molecule has 2 aromatic heterocycles. The molecule has 0 aliphatic carbocycles. The number of benzene rings is 1. The van der Waals surface area contributed by atoms with Crippen LogP contribution in [-0.2, 0) is 10.0 Å². The van der Waals surface area contributed by atoms with Gasteiger partial charge in [0.25, 0.3) is 5.91 Å². The average Bonchev–Trinajstić information content (AvgIpc) is 3.22. The van der Waals surface area contributed by atoms with Crippen LogP contribution in [0.3, 0.4) is 0 Å². The first-order valence-electron chi connectivity index (χ1n) is 9.67. The summed E-state index contributed by atoms with van der Waals surface area (Å²) in [6.07, 6.45) is 1.75. The zero-order valence-electron chi connectivity index (χ0n) is 17.5. The number of piperazine rings is 1. The van der Waals surface area contributed by atoms with E-state index in [0.717, 1.165) is 19.8 Å². The largest absolute Gasteiger partial charge is 0.495 e. The molecule has 3 heterocycles. The molecule has 9 nitrogen and oxygen atoms in total. The maximum atomic E-state index is 13.1. The van der Waals surface area contributed by atoms with Crippen molar-refractivity contribution < 1.29 is 17.9 Å². The molecule has 1 fully saturated rings. The van der Waals surface area contributed by atoms with E-state index in [0.29, 0.717) is 31.7 Å². The third-order valence-corrected chi connectivity index (χ3v) is 8.04. The fraction of sp³-hybridized carbons (Fsp3) is 0.350. The standard InChI is InChI=1S/C20H23N5O4S2/c1-23(2)31(27,28)17-13-14(6-7-16(17)29-3)19(26)24-9-11-25(12-10-24)20-22-15-5-4-8-21-18(15)30-20/h4-8,13H,9-12H2,1-3H3. The Bertz CT molecular complexity index is 1180. The van der Waals surface area contributed by atoms with Crippen LogP contribution in [0.4, 0.5) is 5.13 Å². The summed E-state index contributed by atoms with van der Waals surface area (Å²) in [4.78, 5) is 26.8. The van der Waals surface area contributed by atoms with Crippen LogP contribution in [0.1, 0.15) is 10.4 Å². The van der Waals surface area contributed by atoms with E-state index in [1.807, 2.05) is 12.1 Å². The lowest BCUT2D eigenvalue weighted by molar-refractivity contribution is 0.0746. The number of rotatable bonds is 5. The van der Waals surface area contributed by atoms with Gasteiger partial charge in [0.2, 0.25) is 10.0 Å². The highest BCUT2D eigenvalue weighted by Gasteiger charge is 2.27. The van der Waals surface area contributed by atoms with Gasteiger partial charge < -0.3 is 14.5 Å². The lowest BCUT2D eigenvalue weighted by atomic mass is 10.1. The first-order chi connectivity index (χ1) is 14.8. The van der Waals surface area contributed by atoms with Crippen LogP contribution in [-0.4, -0.2) is 80.9 Å². The van der Waals surface area contributed by atoms with Gasteiger partial charge in [0, 0.05) is 52.0 Å². The second-order valence-corrected chi connectivity index (χ2v) is 10.3. The van der Waals surface area contributed by atoms with Crippen molar-refractivity contribution in [1.29, 1.82) is 0 Å². The maximum Gasteiger partial charge on any atom is 0.254 e. The lowest BCUT2D eigenvalue weighted by Gasteiger charge is -2.34. The van der Waals surface area contributed by atoms with Crippen molar-refractivity contribution in [3.8, 4) is 5.75 Å². The summed E-state index contributed by atoms with van der Waals surface area (Å²) in [5.41, 5.74) is 1.19. The molecule has 0 radical (unpaired) electrons. The SMILES string of the molecule is COc1ccc(C(=O)N2CCN(c3nc4cccnc4s3)CC2)cc1S(=O)(=O)N(C)C. The predicted molar refractivity (Wildman–Crippen MR) is 119 cm³/mol. The van der Waals surface area contributed by atoms with Gasteiger partial charge in [0.1, 0.15) is 21.0 Å². The number of carbonyl (C=O) groups excluding carboxylic acids is 1. The number of nitrogens with zero attached hydrogens (tertiary/aromatic N) is 5. The van der Waals surface area contributed by atoms with Crippen molar-refractivity contribution in [3.05, 3.63) is 42.1 Å². The topological polar surface area (TPSA) is 95.9 Å². The molecule has 0 bridgehead atoms. The molecule has 164 valence electrons. The van der Waals surface area contributed by atoms with Crippen molar-refractivity contribution in [3.63, 3.8) is 0 Å². The van der Waals surface area contributed by atoms with Crippen LogP contribution in [0, 0.1) is 0 Å². The molecule has 1 saturated heterocycles. The van der Waals surface area contributed by atoms with Gasteiger partial charge in [-0.25, -0.2) is 22.7 Å². The van der Waals surface area contributed by atoms with E-state index in [9.17, 15) is 13.2 Å². The third-order valence-electron chi connectivity index (χ3n) is 5.16. The molecule has 4 rings (SSSR count). The van der Waals surface area contributed by atoms with Crippen molar-refractivity contribution in [1.82, 2.24) is 19.2 Å². The van der Waals surface area contributed by atoms with E-state index < -0.39 is 10.0 Å². The van der Waals surface area contributed by atoms with Crippen molar-refractivity contribution in [2.24, 2.45) is 0 Å². The van der Waals surface area contributed by atoms with Gasteiger partial charge in [0.05, 0.1) is 7.11 Å². The molecule has 1 aliphatic heterocycles. The molecule has 3 aromatic rings. The van der Waals surface area contributed by atoms with Gasteiger partial charge in [-0.2, -0.15) is 0 Å². The lowest BCUT2D eigenvalue weighted by Crippen LogP contribution is -2.48. The number of ether oxygens (including phenoxy) is 1.